The van der Waals surface area contributed by atoms with Crippen molar-refractivity contribution in [3.63, 3.8) is 0 Å². The average Bonchev–Trinajstić information content (AvgIpc) is 3.74. The number of aromatic nitrogens is 3. The first kappa shape index (κ1) is 34.4. The summed E-state index contributed by atoms with van der Waals surface area (Å²) >= 11 is 0. The Morgan fingerprint density at radius 3 is 2.05 bits per heavy atom. The number of nitrogens with zero attached hydrogens (tertiary/aromatic N) is 5. The van der Waals surface area contributed by atoms with E-state index in [1.807, 2.05) is 30.7 Å². The molecule has 0 saturated carbocycles. The molecule has 55 heavy (non-hydrogen) atoms. The van der Waals surface area contributed by atoms with Gasteiger partial charge in [-0.05, 0) is 88.7 Å². The summed E-state index contributed by atoms with van der Waals surface area (Å²) in [5.74, 6) is 2.44. The highest BCUT2D eigenvalue weighted by Crippen LogP contribution is 2.48. The van der Waals surface area contributed by atoms with Crippen molar-refractivity contribution in [2.75, 3.05) is 16.5 Å². The molecule has 0 aliphatic carbocycles. The van der Waals surface area contributed by atoms with Crippen molar-refractivity contribution in [1.29, 1.82) is 0 Å². The van der Waals surface area contributed by atoms with E-state index in [1.165, 1.54) is 16.5 Å². The lowest BCUT2D eigenvalue weighted by molar-refractivity contribution is 0.483. The molecule has 1 aliphatic heterocycles. The molecule has 0 spiro atoms. The standard InChI is InChI=1S/C49H45N5O/c1-48(2,3)34-20-22-39(33-13-12-25-50-31-33)45(27-34)53-32-52(43-18-9-10-19-44(43)53)36-14-11-15-37(29-36)55-38-21-23-41-40-16-7-8-17-42(40)54(46(41)30-38)47-28-35(24-26-51-47)49(4,5)6/h7-31H,32H2,1-6H3. The molecule has 0 unspecified atom stereocenters. The van der Waals surface area contributed by atoms with Gasteiger partial charge in [0.05, 0.1) is 28.1 Å². The van der Waals surface area contributed by atoms with Crippen molar-refractivity contribution in [2.45, 2.75) is 52.4 Å². The Balaban J connectivity index is 1.09. The maximum absolute atomic E-state index is 6.70. The number of hydrogen-bond acceptors (Lipinski definition) is 5. The van der Waals surface area contributed by atoms with Gasteiger partial charge in [0.1, 0.15) is 24.0 Å². The molecule has 0 saturated heterocycles. The fraction of sp³-hybridized carbons (Fsp3) is 0.184. The molecule has 1 aliphatic rings. The third kappa shape index (κ3) is 6.27. The lowest BCUT2D eigenvalue weighted by Crippen LogP contribution is -2.25. The van der Waals surface area contributed by atoms with Crippen molar-refractivity contribution >= 4 is 44.6 Å². The highest BCUT2D eigenvalue weighted by molar-refractivity contribution is 6.09. The number of rotatable bonds is 6. The van der Waals surface area contributed by atoms with Crippen LogP contribution in [0.1, 0.15) is 52.7 Å². The minimum atomic E-state index is -0.00281. The van der Waals surface area contributed by atoms with Crippen LogP contribution < -0.4 is 14.5 Å². The molecule has 5 aromatic carbocycles. The van der Waals surface area contributed by atoms with E-state index in [1.54, 1.807) is 0 Å². The Morgan fingerprint density at radius 2 is 1.27 bits per heavy atom. The van der Waals surface area contributed by atoms with E-state index in [2.05, 4.69) is 182 Å². The Labute approximate surface area is 323 Å². The van der Waals surface area contributed by atoms with Crippen LogP contribution in [0.15, 0.2) is 152 Å². The smallest absolute Gasteiger partial charge is 0.137 e. The molecule has 9 rings (SSSR count). The SMILES string of the molecule is CC(C)(C)c1ccnc(-n2c3ccccc3c3ccc(Oc4cccc(N5CN(c6cc(C(C)(C)C)ccc6-c6cccnc6)c6ccccc65)c4)cc32)c1. The number of para-hydroxylation sites is 3. The average molecular weight is 720 g/mol. The van der Waals surface area contributed by atoms with Crippen LogP contribution >= 0.6 is 0 Å². The van der Waals surface area contributed by atoms with E-state index >= 15 is 0 Å². The topological polar surface area (TPSA) is 46.4 Å². The minimum Gasteiger partial charge on any atom is -0.457 e. The van der Waals surface area contributed by atoms with Gasteiger partial charge in [0.15, 0.2) is 0 Å². The summed E-state index contributed by atoms with van der Waals surface area (Å²) in [6, 6.07) is 47.3. The molecular weight excluding hydrogens is 675 g/mol. The fourth-order valence-corrected chi connectivity index (χ4v) is 7.75. The summed E-state index contributed by atoms with van der Waals surface area (Å²) in [5.41, 5.74) is 11.5. The van der Waals surface area contributed by atoms with Crippen molar-refractivity contribution < 1.29 is 4.74 Å². The van der Waals surface area contributed by atoms with Crippen LogP contribution in [-0.2, 0) is 10.8 Å². The van der Waals surface area contributed by atoms with E-state index in [9.17, 15) is 0 Å². The number of hydrogen-bond donors (Lipinski definition) is 0. The Bertz CT molecular complexity index is 2700. The Kier molecular flexibility index (Phi) is 8.23. The minimum absolute atomic E-state index is 0.000745. The summed E-state index contributed by atoms with van der Waals surface area (Å²) in [5, 5.41) is 2.35. The summed E-state index contributed by atoms with van der Waals surface area (Å²) in [6.45, 7) is 14.2. The van der Waals surface area contributed by atoms with Crippen LogP contribution in [0.25, 0.3) is 38.8 Å². The van der Waals surface area contributed by atoms with E-state index < -0.39 is 0 Å². The van der Waals surface area contributed by atoms with Gasteiger partial charge in [0.2, 0.25) is 0 Å². The molecule has 4 heterocycles. The van der Waals surface area contributed by atoms with E-state index in [0.29, 0.717) is 6.67 Å². The first-order valence-electron chi connectivity index (χ1n) is 19.0. The summed E-state index contributed by atoms with van der Waals surface area (Å²) in [4.78, 5) is 14.1. The maximum atomic E-state index is 6.70. The Morgan fingerprint density at radius 1 is 0.545 bits per heavy atom. The summed E-state index contributed by atoms with van der Waals surface area (Å²) in [7, 11) is 0. The fourth-order valence-electron chi connectivity index (χ4n) is 7.75. The van der Waals surface area contributed by atoms with Crippen LogP contribution in [0.5, 0.6) is 11.5 Å². The molecule has 272 valence electrons. The highest BCUT2D eigenvalue weighted by Gasteiger charge is 2.30. The van der Waals surface area contributed by atoms with E-state index in [4.69, 9.17) is 9.72 Å². The van der Waals surface area contributed by atoms with Crippen LogP contribution in [0, 0.1) is 0 Å². The van der Waals surface area contributed by atoms with Crippen molar-refractivity contribution in [1.82, 2.24) is 14.5 Å². The molecule has 0 amide bonds. The van der Waals surface area contributed by atoms with E-state index in [-0.39, 0.29) is 10.8 Å². The van der Waals surface area contributed by atoms with Gasteiger partial charge < -0.3 is 14.5 Å². The molecule has 0 N–H and O–H groups in total. The third-order valence-electron chi connectivity index (χ3n) is 10.7. The molecule has 6 heteroatoms. The molecule has 0 radical (unpaired) electrons. The number of anilines is 4. The first-order valence-corrected chi connectivity index (χ1v) is 19.0. The van der Waals surface area contributed by atoms with Crippen LogP contribution in [-0.4, -0.2) is 21.2 Å². The van der Waals surface area contributed by atoms with Crippen molar-refractivity contribution in [2.24, 2.45) is 0 Å². The maximum Gasteiger partial charge on any atom is 0.137 e. The molecule has 0 fully saturated rings. The zero-order valence-electron chi connectivity index (χ0n) is 32.3. The Hall–Kier alpha value is -6.40. The quantitative estimate of drug-likeness (QED) is 0.171. The lowest BCUT2D eigenvalue weighted by Gasteiger charge is -2.27. The molecule has 0 bridgehead atoms. The third-order valence-corrected chi connectivity index (χ3v) is 10.7. The van der Waals surface area contributed by atoms with Crippen molar-refractivity contribution in [3.8, 4) is 28.4 Å². The summed E-state index contributed by atoms with van der Waals surface area (Å²) in [6.07, 6.45) is 5.70. The van der Waals surface area contributed by atoms with Gasteiger partial charge in [-0.1, -0.05) is 96.1 Å². The second kappa shape index (κ2) is 13.2. The highest BCUT2D eigenvalue weighted by atomic mass is 16.5. The zero-order chi connectivity index (χ0) is 37.9. The van der Waals surface area contributed by atoms with Gasteiger partial charge >= 0.3 is 0 Å². The normalized spacial score (nSPS) is 13.1. The predicted octanol–water partition coefficient (Wildman–Crippen LogP) is 12.9. The summed E-state index contributed by atoms with van der Waals surface area (Å²) < 4.78 is 8.96. The number of pyridine rings is 2. The first-order chi connectivity index (χ1) is 26.5. The number of ether oxygens (including phenoxy) is 1. The van der Waals surface area contributed by atoms with Gasteiger partial charge in [-0.15, -0.1) is 0 Å². The van der Waals surface area contributed by atoms with Crippen LogP contribution in [0.4, 0.5) is 22.7 Å². The molecule has 0 atom stereocenters. The van der Waals surface area contributed by atoms with Gasteiger partial charge in [-0.2, -0.15) is 0 Å². The van der Waals surface area contributed by atoms with E-state index in [0.717, 1.165) is 67.6 Å². The lowest BCUT2D eigenvalue weighted by atomic mass is 9.85. The zero-order valence-corrected chi connectivity index (χ0v) is 32.3. The molecule has 8 aromatic rings. The van der Waals surface area contributed by atoms with Crippen molar-refractivity contribution in [3.05, 3.63) is 163 Å². The monoisotopic (exact) mass is 719 g/mol. The number of benzene rings is 5. The second-order valence-corrected chi connectivity index (χ2v) is 16.5. The predicted molar refractivity (Wildman–Crippen MR) is 228 cm³/mol. The number of fused-ring (bicyclic) bond motifs is 4. The van der Waals surface area contributed by atoms with Gasteiger partial charge in [-0.25, -0.2) is 4.98 Å². The van der Waals surface area contributed by atoms with Crippen LogP contribution in [0.3, 0.4) is 0 Å². The largest absolute Gasteiger partial charge is 0.457 e. The second-order valence-electron chi connectivity index (χ2n) is 16.5. The van der Waals surface area contributed by atoms with Gasteiger partial charge in [-0.3, -0.25) is 9.55 Å². The molecule has 6 nitrogen and oxygen atoms in total. The van der Waals surface area contributed by atoms with Crippen LogP contribution in [0.2, 0.25) is 0 Å². The van der Waals surface area contributed by atoms with Gasteiger partial charge in [0, 0.05) is 58.3 Å². The molecule has 3 aromatic heterocycles. The molecular formula is C49H45N5O. The van der Waals surface area contributed by atoms with Gasteiger partial charge in [0.25, 0.3) is 0 Å².